The molecular formula is C14H12N4O3S2. The van der Waals surface area contributed by atoms with Crippen LogP contribution in [0.1, 0.15) is 10.4 Å². The van der Waals surface area contributed by atoms with Crippen molar-refractivity contribution < 1.29 is 13.2 Å². The van der Waals surface area contributed by atoms with Crippen molar-refractivity contribution in [2.75, 3.05) is 5.32 Å². The van der Waals surface area contributed by atoms with Crippen LogP contribution >= 0.6 is 11.3 Å². The number of carbonyl (C=O) groups is 1. The molecule has 0 spiro atoms. The number of nitrogens with two attached hydrogens (primary N) is 1. The molecule has 0 radical (unpaired) electrons. The van der Waals surface area contributed by atoms with Crippen molar-refractivity contribution in [3.05, 3.63) is 59.6 Å². The first kappa shape index (κ1) is 15.4. The van der Waals surface area contributed by atoms with Crippen LogP contribution in [0.25, 0.3) is 5.69 Å². The molecule has 1 amide bonds. The number of para-hydroxylation sites is 1. The molecule has 0 atom stereocenters. The zero-order chi connectivity index (χ0) is 16.4. The Bertz CT molecular complexity index is 945. The maximum Gasteiger partial charge on any atom is 0.257 e. The van der Waals surface area contributed by atoms with Crippen molar-refractivity contribution in [2.24, 2.45) is 5.14 Å². The third kappa shape index (κ3) is 3.47. The second kappa shape index (κ2) is 5.95. The number of benzene rings is 1. The minimum absolute atomic E-state index is 0.0579. The second-order valence-electron chi connectivity index (χ2n) is 4.63. The molecule has 0 bridgehead atoms. The van der Waals surface area contributed by atoms with Crippen LogP contribution in [0.2, 0.25) is 0 Å². The van der Waals surface area contributed by atoms with Crippen LogP contribution < -0.4 is 10.5 Å². The number of rotatable bonds is 4. The monoisotopic (exact) mass is 348 g/mol. The number of hydrogen-bond donors (Lipinski definition) is 2. The van der Waals surface area contributed by atoms with Crippen LogP contribution in [0.3, 0.4) is 0 Å². The highest BCUT2D eigenvalue weighted by Gasteiger charge is 2.16. The highest BCUT2D eigenvalue weighted by Crippen LogP contribution is 2.20. The predicted molar refractivity (Wildman–Crippen MR) is 87.2 cm³/mol. The third-order valence-electron chi connectivity index (χ3n) is 2.97. The van der Waals surface area contributed by atoms with Gasteiger partial charge < -0.3 is 5.32 Å². The number of anilines is 1. The van der Waals surface area contributed by atoms with Gasteiger partial charge in [0.1, 0.15) is 4.21 Å². The Kier molecular flexibility index (Phi) is 3.99. The molecule has 0 saturated heterocycles. The fourth-order valence-corrected chi connectivity index (χ4v) is 3.47. The van der Waals surface area contributed by atoms with Crippen LogP contribution in [0.5, 0.6) is 0 Å². The number of primary sulfonamides is 1. The van der Waals surface area contributed by atoms with Crippen molar-refractivity contribution in [3.63, 3.8) is 0 Å². The smallest absolute Gasteiger partial charge is 0.257 e. The third-order valence-corrected chi connectivity index (χ3v) is 5.36. The normalized spacial score (nSPS) is 11.3. The molecule has 0 aliphatic rings. The van der Waals surface area contributed by atoms with E-state index in [0.29, 0.717) is 5.82 Å². The summed E-state index contributed by atoms with van der Waals surface area (Å²) in [4.78, 5) is 12.1. The van der Waals surface area contributed by atoms with E-state index in [1.807, 2.05) is 30.3 Å². The summed E-state index contributed by atoms with van der Waals surface area (Å²) >= 11 is 0.898. The maximum atomic E-state index is 12.1. The molecule has 0 fully saturated rings. The summed E-state index contributed by atoms with van der Waals surface area (Å²) in [6, 6.07) is 12.3. The predicted octanol–water partition coefficient (Wildman–Crippen LogP) is 1.83. The zero-order valence-electron chi connectivity index (χ0n) is 11.7. The first-order chi connectivity index (χ1) is 10.9. The molecular weight excluding hydrogens is 336 g/mol. The molecule has 0 aliphatic carbocycles. The van der Waals surface area contributed by atoms with Gasteiger partial charge in [-0.25, -0.2) is 18.2 Å². The minimum atomic E-state index is -3.80. The Balaban J connectivity index is 1.76. The Morgan fingerprint density at radius 1 is 1.22 bits per heavy atom. The number of amides is 1. The number of aromatic nitrogens is 2. The summed E-state index contributed by atoms with van der Waals surface area (Å²) in [6.45, 7) is 0. The number of hydrogen-bond acceptors (Lipinski definition) is 5. The molecule has 0 saturated carbocycles. The van der Waals surface area contributed by atoms with E-state index in [9.17, 15) is 13.2 Å². The zero-order valence-corrected chi connectivity index (χ0v) is 13.3. The summed E-state index contributed by atoms with van der Waals surface area (Å²) in [6.07, 6.45) is 1.72. The van der Waals surface area contributed by atoms with Crippen molar-refractivity contribution in [2.45, 2.75) is 4.21 Å². The van der Waals surface area contributed by atoms with Gasteiger partial charge in [0.05, 0.1) is 11.3 Å². The lowest BCUT2D eigenvalue weighted by Gasteiger charge is -2.01. The number of carbonyl (C=O) groups excluding carboxylic acids is 1. The van der Waals surface area contributed by atoms with Gasteiger partial charge in [-0.2, -0.15) is 5.10 Å². The van der Waals surface area contributed by atoms with Crippen molar-refractivity contribution in [1.82, 2.24) is 9.78 Å². The van der Waals surface area contributed by atoms with Crippen LogP contribution in [0.15, 0.2) is 58.3 Å². The van der Waals surface area contributed by atoms with E-state index in [-0.39, 0.29) is 9.77 Å². The highest BCUT2D eigenvalue weighted by atomic mass is 32.2. The molecule has 7 nitrogen and oxygen atoms in total. The van der Waals surface area contributed by atoms with E-state index in [0.717, 1.165) is 17.0 Å². The van der Waals surface area contributed by atoms with Crippen molar-refractivity contribution >= 4 is 33.1 Å². The van der Waals surface area contributed by atoms with E-state index < -0.39 is 15.9 Å². The fraction of sp³-hybridized carbons (Fsp3) is 0. The lowest BCUT2D eigenvalue weighted by Crippen LogP contribution is -2.13. The van der Waals surface area contributed by atoms with Gasteiger partial charge in [-0.15, -0.1) is 11.3 Å². The van der Waals surface area contributed by atoms with Gasteiger partial charge in [0.2, 0.25) is 10.0 Å². The second-order valence-corrected chi connectivity index (χ2v) is 7.33. The van der Waals surface area contributed by atoms with E-state index in [1.54, 1.807) is 16.9 Å². The average Bonchev–Trinajstić information content (AvgIpc) is 3.17. The van der Waals surface area contributed by atoms with Gasteiger partial charge in [-0.05, 0) is 18.2 Å². The minimum Gasteiger partial charge on any atom is -0.305 e. The first-order valence-electron chi connectivity index (χ1n) is 6.47. The number of nitrogens with zero attached hydrogens (tertiary/aromatic N) is 2. The lowest BCUT2D eigenvalue weighted by atomic mass is 10.3. The molecule has 3 N–H and O–H groups in total. The molecule has 9 heteroatoms. The van der Waals surface area contributed by atoms with Gasteiger partial charge >= 0.3 is 0 Å². The Morgan fingerprint density at radius 2 is 1.96 bits per heavy atom. The Morgan fingerprint density at radius 3 is 2.61 bits per heavy atom. The maximum absolute atomic E-state index is 12.1. The van der Waals surface area contributed by atoms with Gasteiger partial charge in [0.25, 0.3) is 5.91 Å². The molecule has 1 aromatic carbocycles. The Labute approximate surface area is 136 Å². The molecule has 2 heterocycles. The van der Waals surface area contributed by atoms with Crippen LogP contribution in [0.4, 0.5) is 5.82 Å². The van der Waals surface area contributed by atoms with Gasteiger partial charge in [-0.3, -0.25) is 4.79 Å². The fourth-order valence-electron chi connectivity index (χ4n) is 1.89. The van der Waals surface area contributed by atoms with Gasteiger partial charge in [-0.1, -0.05) is 18.2 Å². The SMILES string of the molecule is NS(=O)(=O)c1cc(C(=O)Nc2ccn(-c3ccccc3)n2)cs1. The summed E-state index contributed by atoms with van der Waals surface area (Å²) in [5, 5.41) is 13.3. The molecule has 3 aromatic rings. The molecule has 3 rings (SSSR count). The van der Waals surface area contributed by atoms with Gasteiger partial charge in [0, 0.05) is 17.6 Å². The van der Waals surface area contributed by atoms with Gasteiger partial charge in [0.15, 0.2) is 5.82 Å². The average molecular weight is 348 g/mol. The van der Waals surface area contributed by atoms with Crippen LogP contribution in [0, 0.1) is 0 Å². The molecule has 118 valence electrons. The molecule has 2 aromatic heterocycles. The quantitative estimate of drug-likeness (QED) is 0.750. The summed E-state index contributed by atoms with van der Waals surface area (Å²) in [5.41, 5.74) is 1.08. The van der Waals surface area contributed by atoms with Crippen molar-refractivity contribution in [3.8, 4) is 5.69 Å². The lowest BCUT2D eigenvalue weighted by molar-refractivity contribution is 0.102. The van der Waals surface area contributed by atoms with Crippen LogP contribution in [-0.2, 0) is 10.0 Å². The standard InChI is InChI=1S/C14H12N4O3S2/c15-23(20,21)13-8-10(9-22-13)14(19)16-12-6-7-18(17-12)11-4-2-1-3-5-11/h1-9H,(H2,15,20,21)(H,16,17,19). The largest absolute Gasteiger partial charge is 0.305 e. The van der Waals surface area contributed by atoms with E-state index in [2.05, 4.69) is 10.4 Å². The van der Waals surface area contributed by atoms with E-state index >= 15 is 0 Å². The molecule has 0 unspecified atom stereocenters. The summed E-state index contributed by atoms with van der Waals surface area (Å²) < 4.78 is 24.0. The van der Waals surface area contributed by atoms with Crippen LogP contribution in [-0.4, -0.2) is 24.1 Å². The summed E-state index contributed by atoms with van der Waals surface area (Å²) in [5.74, 6) is -0.0864. The summed E-state index contributed by atoms with van der Waals surface area (Å²) in [7, 11) is -3.80. The molecule has 0 aliphatic heterocycles. The number of nitrogens with one attached hydrogen (secondary N) is 1. The number of thiophene rings is 1. The number of sulfonamides is 1. The Hall–Kier alpha value is -2.49. The first-order valence-corrected chi connectivity index (χ1v) is 8.90. The topological polar surface area (TPSA) is 107 Å². The van der Waals surface area contributed by atoms with E-state index in [4.69, 9.17) is 5.14 Å². The van der Waals surface area contributed by atoms with Crippen molar-refractivity contribution in [1.29, 1.82) is 0 Å². The van der Waals surface area contributed by atoms with E-state index in [1.165, 1.54) is 11.4 Å². The molecule has 23 heavy (non-hydrogen) atoms. The highest BCUT2D eigenvalue weighted by molar-refractivity contribution is 7.91.